The van der Waals surface area contributed by atoms with Crippen LogP contribution in [0.15, 0.2) is 6.08 Å². The summed E-state index contributed by atoms with van der Waals surface area (Å²) in [6.07, 6.45) is 4.89. The average molecular weight is 162 g/mol. The van der Waals surface area contributed by atoms with Gasteiger partial charge in [-0.2, -0.15) is 5.10 Å². The molecule has 2 aliphatic rings. The van der Waals surface area contributed by atoms with Gasteiger partial charge in [0.05, 0.1) is 5.69 Å². The summed E-state index contributed by atoms with van der Waals surface area (Å²) in [5.74, 6) is 1.26. The predicted octanol–water partition coefficient (Wildman–Crippen LogP) is 0.775. The number of ether oxygens (including phenoxy) is 2. The molecule has 0 saturated heterocycles. The standard InChI is InChI=1S/C8H6N2O2/c1-2-5-6(3-1)9-10-8-7(5)11-4-12-8/h1-2H,3-4H2. The molecule has 1 aliphatic heterocycles. The zero-order valence-corrected chi connectivity index (χ0v) is 6.28. The van der Waals surface area contributed by atoms with Gasteiger partial charge in [0.25, 0.3) is 5.88 Å². The smallest absolute Gasteiger partial charge is 0.280 e. The summed E-state index contributed by atoms with van der Waals surface area (Å²) < 4.78 is 10.4. The Labute approximate surface area is 68.8 Å². The molecule has 0 unspecified atom stereocenters. The molecule has 0 bridgehead atoms. The van der Waals surface area contributed by atoms with E-state index in [1.165, 1.54) is 0 Å². The highest BCUT2D eigenvalue weighted by Gasteiger charge is 2.23. The quantitative estimate of drug-likeness (QED) is 0.565. The Bertz CT molecular complexity index is 374. The molecule has 1 aliphatic carbocycles. The molecule has 0 atom stereocenters. The van der Waals surface area contributed by atoms with Crippen molar-refractivity contribution in [2.24, 2.45) is 0 Å². The molecule has 1 aromatic heterocycles. The van der Waals surface area contributed by atoms with Gasteiger partial charge in [-0.25, -0.2) is 0 Å². The monoisotopic (exact) mass is 162 g/mol. The minimum atomic E-state index is 0.258. The van der Waals surface area contributed by atoms with Crippen LogP contribution >= 0.6 is 0 Å². The molecule has 0 saturated carbocycles. The summed E-state index contributed by atoms with van der Waals surface area (Å²) in [4.78, 5) is 0. The fraction of sp³-hybridized carbons (Fsp3) is 0.250. The van der Waals surface area contributed by atoms with Gasteiger partial charge in [0.15, 0.2) is 5.75 Å². The summed E-state index contributed by atoms with van der Waals surface area (Å²) in [5, 5.41) is 7.91. The van der Waals surface area contributed by atoms with E-state index < -0.39 is 0 Å². The first-order chi connectivity index (χ1) is 5.95. The first-order valence-corrected chi connectivity index (χ1v) is 3.77. The van der Waals surface area contributed by atoms with Gasteiger partial charge in [0.1, 0.15) is 0 Å². The van der Waals surface area contributed by atoms with E-state index in [1.54, 1.807) is 0 Å². The molecule has 4 heteroatoms. The molecule has 60 valence electrons. The van der Waals surface area contributed by atoms with Crippen molar-refractivity contribution in [2.45, 2.75) is 6.42 Å². The van der Waals surface area contributed by atoms with E-state index in [4.69, 9.17) is 9.47 Å². The molecule has 1 aromatic rings. The zero-order chi connectivity index (χ0) is 7.97. The van der Waals surface area contributed by atoms with Crippen LogP contribution in [0.2, 0.25) is 0 Å². The molecule has 0 spiro atoms. The maximum atomic E-state index is 5.27. The maximum Gasteiger partial charge on any atom is 0.280 e. The van der Waals surface area contributed by atoms with Crippen LogP contribution in [0.25, 0.3) is 6.08 Å². The van der Waals surface area contributed by atoms with Crippen LogP contribution in [0, 0.1) is 0 Å². The number of hydrogen-bond donors (Lipinski definition) is 0. The molecule has 4 nitrogen and oxygen atoms in total. The van der Waals surface area contributed by atoms with Crippen molar-refractivity contribution in [3.8, 4) is 11.6 Å². The summed E-state index contributed by atoms with van der Waals surface area (Å²) in [6.45, 7) is 0.258. The minimum Gasteiger partial charge on any atom is -0.451 e. The van der Waals surface area contributed by atoms with Crippen LogP contribution in [-0.4, -0.2) is 17.0 Å². The Morgan fingerprint density at radius 3 is 3.25 bits per heavy atom. The molecule has 0 amide bonds. The number of hydrogen-bond acceptors (Lipinski definition) is 4. The SMILES string of the molecule is C1=Cc2c(nnc3c2OCO3)C1. The molecule has 0 radical (unpaired) electrons. The molecule has 0 N–H and O–H groups in total. The minimum absolute atomic E-state index is 0.258. The second kappa shape index (κ2) is 1.97. The first-order valence-electron chi connectivity index (χ1n) is 3.77. The van der Waals surface area contributed by atoms with Crippen LogP contribution in [-0.2, 0) is 6.42 Å². The van der Waals surface area contributed by atoms with Gasteiger partial charge in [-0.15, -0.1) is 5.10 Å². The molecule has 12 heavy (non-hydrogen) atoms. The molecular formula is C8H6N2O2. The Hall–Kier alpha value is -1.58. The molecule has 0 fully saturated rings. The van der Waals surface area contributed by atoms with Gasteiger partial charge in [0.2, 0.25) is 6.79 Å². The number of nitrogens with zero attached hydrogens (tertiary/aromatic N) is 2. The number of allylic oxidation sites excluding steroid dienone is 1. The van der Waals surface area contributed by atoms with Gasteiger partial charge in [-0.1, -0.05) is 12.2 Å². The lowest BCUT2D eigenvalue weighted by Gasteiger charge is -1.99. The second-order valence-electron chi connectivity index (χ2n) is 2.71. The van der Waals surface area contributed by atoms with Crippen LogP contribution in [0.5, 0.6) is 11.6 Å². The van der Waals surface area contributed by atoms with Crippen molar-refractivity contribution >= 4 is 6.08 Å². The normalized spacial score (nSPS) is 16.7. The highest BCUT2D eigenvalue weighted by Crippen LogP contribution is 2.37. The molecule has 0 aromatic carbocycles. The van der Waals surface area contributed by atoms with Crippen molar-refractivity contribution in [3.63, 3.8) is 0 Å². The Morgan fingerprint density at radius 1 is 1.25 bits per heavy atom. The Kier molecular flexibility index (Phi) is 0.983. The van der Waals surface area contributed by atoms with Crippen LogP contribution < -0.4 is 9.47 Å². The van der Waals surface area contributed by atoms with E-state index in [0.29, 0.717) is 5.88 Å². The van der Waals surface area contributed by atoms with Crippen molar-refractivity contribution < 1.29 is 9.47 Å². The highest BCUT2D eigenvalue weighted by molar-refractivity contribution is 5.66. The fourth-order valence-electron chi connectivity index (χ4n) is 1.44. The molecular weight excluding hydrogens is 156 g/mol. The number of fused-ring (bicyclic) bond motifs is 3. The van der Waals surface area contributed by atoms with E-state index in [0.717, 1.165) is 23.4 Å². The number of aromatic nitrogens is 2. The van der Waals surface area contributed by atoms with Crippen LogP contribution in [0.1, 0.15) is 11.3 Å². The third-order valence-corrected chi connectivity index (χ3v) is 2.01. The third kappa shape index (κ3) is 0.617. The van der Waals surface area contributed by atoms with Gasteiger partial charge in [0, 0.05) is 12.0 Å². The summed E-state index contributed by atoms with van der Waals surface area (Å²) in [6, 6.07) is 0. The van der Waals surface area contributed by atoms with Crippen molar-refractivity contribution in [3.05, 3.63) is 17.3 Å². The van der Waals surface area contributed by atoms with Gasteiger partial charge in [-0.05, 0) is 0 Å². The van der Waals surface area contributed by atoms with Crippen molar-refractivity contribution in [1.82, 2.24) is 10.2 Å². The average Bonchev–Trinajstić information content (AvgIpc) is 2.71. The van der Waals surface area contributed by atoms with Crippen molar-refractivity contribution in [2.75, 3.05) is 6.79 Å². The largest absolute Gasteiger partial charge is 0.451 e. The predicted molar refractivity (Wildman–Crippen MR) is 40.9 cm³/mol. The molecule has 2 heterocycles. The first kappa shape index (κ1) is 5.99. The highest BCUT2D eigenvalue weighted by atomic mass is 16.7. The van der Waals surface area contributed by atoms with E-state index in [1.807, 2.05) is 12.2 Å². The van der Waals surface area contributed by atoms with E-state index in [2.05, 4.69) is 10.2 Å². The molecule has 3 rings (SSSR count). The van der Waals surface area contributed by atoms with Gasteiger partial charge in [-0.3, -0.25) is 0 Å². The van der Waals surface area contributed by atoms with E-state index >= 15 is 0 Å². The van der Waals surface area contributed by atoms with Crippen LogP contribution in [0.3, 0.4) is 0 Å². The lowest BCUT2D eigenvalue weighted by molar-refractivity contribution is 0.170. The third-order valence-electron chi connectivity index (χ3n) is 2.01. The zero-order valence-electron chi connectivity index (χ0n) is 6.28. The topological polar surface area (TPSA) is 44.2 Å². The van der Waals surface area contributed by atoms with Gasteiger partial charge >= 0.3 is 0 Å². The van der Waals surface area contributed by atoms with Crippen molar-refractivity contribution in [1.29, 1.82) is 0 Å². The lowest BCUT2D eigenvalue weighted by Crippen LogP contribution is -1.93. The summed E-state index contributed by atoms with van der Waals surface area (Å²) in [7, 11) is 0. The maximum absolute atomic E-state index is 5.27. The van der Waals surface area contributed by atoms with Gasteiger partial charge < -0.3 is 9.47 Å². The fourth-order valence-corrected chi connectivity index (χ4v) is 1.44. The number of rotatable bonds is 0. The summed E-state index contributed by atoms with van der Waals surface area (Å²) >= 11 is 0. The Morgan fingerprint density at radius 2 is 2.25 bits per heavy atom. The Balaban J connectivity index is 2.30. The van der Waals surface area contributed by atoms with E-state index in [9.17, 15) is 0 Å². The second-order valence-corrected chi connectivity index (χ2v) is 2.71. The lowest BCUT2D eigenvalue weighted by atomic mass is 10.2. The van der Waals surface area contributed by atoms with E-state index in [-0.39, 0.29) is 6.79 Å². The summed E-state index contributed by atoms with van der Waals surface area (Å²) in [5.41, 5.74) is 2.00. The van der Waals surface area contributed by atoms with Crippen LogP contribution in [0.4, 0.5) is 0 Å².